The Morgan fingerprint density at radius 1 is 1.50 bits per heavy atom. The molecule has 1 aromatic rings. The average molecular weight is 217 g/mol. The molecule has 0 saturated carbocycles. The van der Waals surface area contributed by atoms with Crippen LogP contribution in [0.3, 0.4) is 0 Å². The van der Waals surface area contributed by atoms with Gasteiger partial charge in [0.1, 0.15) is 11.8 Å². The molecule has 82 valence electrons. The number of rotatable bonds is 4. The van der Waals surface area contributed by atoms with E-state index in [9.17, 15) is 4.79 Å². The Morgan fingerprint density at radius 2 is 2.25 bits per heavy atom. The predicted octanol–water partition coefficient (Wildman–Crippen LogP) is 1.78. The van der Waals surface area contributed by atoms with Crippen LogP contribution in [0.4, 0.5) is 0 Å². The van der Waals surface area contributed by atoms with Gasteiger partial charge < -0.3 is 9.47 Å². The number of nitrogens with zero attached hydrogens (tertiary/aromatic N) is 1. The lowest BCUT2D eigenvalue weighted by Crippen LogP contribution is -1.96. The molecule has 16 heavy (non-hydrogen) atoms. The smallest absolute Gasteiger partial charge is 0.330 e. The third kappa shape index (κ3) is 3.46. The number of ether oxygens (including phenoxy) is 2. The van der Waals surface area contributed by atoms with Crippen molar-refractivity contribution in [1.29, 1.82) is 5.26 Å². The van der Waals surface area contributed by atoms with Crippen LogP contribution in [0.25, 0.3) is 6.08 Å². The van der Waals surface area contributed by atoms with Gasteiger partial charge in [-0.25, -0.2) is 4.79 Å². The van der Waals surface area contributed by atoms with Gasteiger partial charge in [-0.15, -0.1) is 0 Å². The van der Waals surface area contributed by atoms with E-state index in [0.29, 0.717) is 5.75 Å². The van der Waals surface area contributed by atoms with Crippen LogP contribution in [-0.2, 0) is 9.53 Å². The number of esters is 1. The van der Waals surface area contributed by atoms with Crippen molar-refractivity contribution in [2.45, 2.75) is 0 Å². The van der Waals surface area contributed by atoms with E-state index in [4.69, 9.17) is 10.00 Å². The van der Waals surface area contributed by atoms with Crippen LogP contribution in [0.15, 0.2) is 30.3 Å². The highest BCUT2D eigenvalue weighted by molar-refractivity contribution is 5.87. The van der Waals surface area contributed by atoms with E-state index >= 15 is 0 Å². The van der Waals surface area contributed by atoms with Crippen LogP contribution in [0, 0.1) is 11.3 Å². The molecule has 0 saturated heterocycles. The number of carbonyl (C=O) groups excluding carboxylic acids is 1. The normalized spacial score (nSPS) is 9.75. The Balaban J connectivity index is 2.83. The first-order chi connectivity index (χ1) is 7.77. The molecule has 0 radical (unpaired) electrons. The molecule has 0 atom stereocenters. The van der Waals surface area contributed by atoms with Crippen LogP contribution in [0.5, 0.6) is 5.75 Å². The van der Waals surface area contributed by atoms with E-state index in [2.05, 4.69) is 4.74 Å². The second-order valence-electron chi connectivity index (χ2n) is 2.84. The summed E-state index contributed by atoms with van der Waals surface area (Å²) in [5, 5.41) is 8.41. The van der Waals surface area contributed by atoms with Gasteiger partial charge in [-0.3, -0.25) is 0 Å². The lowest BCUT2D eigenvalue weighted by Gasteiger charge is -2.04. The number of benzene rings is 1. The molecule has 0 heterocycles. The minimum atomic E-state index is -0.435. The minimum absolute atomic E-state index is 0.0247. The molecule has 4 heteroatoms. The Bertz CT molecular complexity index is 432. The SMILES string of the molecule is COC(=O)C=Cc1ccccc1OCC#N. The topological polar surface area (TPSA) is 59.3 Å². The number of nitriles is 1. The summed E-state index contributed by atoms with van der Waals surface area (Å²) in [6.07, 6.45) is 2.88. The number of methoxy groups -OCH3 is 1. The highest BCUT2D eigenvalue weighted by atomic mass is 16.5. The second-order valence-corrected chi connectivity index (χ2v) is 2.84. The molecule has 0 amide bonds. The molecule has 0 aliphatic heterocycles. The predicted molar refractivity (Wildman–Crippen MR) is 58.6 cm³/mol. The number of para-hydroxylation sites is 1. The summed E-state index contributed by atoms with van der Waals surface area (Å²) in [5.41, 5.74) is 0.725. The van der Waals surface area contributed by atoms with E-state index in [0.717, 1.165) is 5.56 Å². The maximum atomic E-state index is 10.9. The molecule has 0 unspecified atom stereocenters. The molecule has 0 aromatic heterocycles. The van der Waals surface area contributed by atoms with Gasteiger partial charge in [0.05, 0.1) is 7.11 Å². The summed E-state index contributed by atoms with van der Waals surface area (Å²) in [7, 11) is 1.31. The van der Waals surface area contributed by atoms with Gasteiger partial charge in [-0.1, -0.05) is 18.2 Å². The van der Waals surface area contributed by atoms with Crippen molar-refractivity contribution in [1.82, 2.24) is 0 Å². The third-order valence-electron chi connectivity index (χ3n) is 1.81. The van der Waals surface area contributed by atoms with Crippen molar-refractivity contribution in [3.8, 4) is 11.8 Å². The average Bonchev–Trinajstić information content (AvgIpc) is 2.34. The van der Waals surface area contributed by atoms with Crippen LogP contribution in [0.2, 0.25) is 0 Å². The van der Waals surface area contributed by atoms with E-state index < -0.39 is 5.97 Å². The first-order valence-corrected chi connectivity index (χ1v) is 4.62. The zero-order valence-electron chi connectivity index (χ0n) is 8.84. The Kier molecular flexibility index (Phi) is 4.61. The molecular weight excluding hydrogens is 206 g/mol. The standard InChI is InChI=1S/C12H11NO3/c1-15-12(14)7-6-10-4-2-3-5-11(10)16-9-8-13/h2-7H,9H2,1H3. The highest BCUT2D eigenvalue weighted by Crippen LogP contribution is 2.19. The number of hydrogen-bond acceptors (Lipinski definition) is 4. The summed E-state index contributed by atoms with van der Waals surface area (Å²) in [4.78, 5) is 10.9. The van der Waals surface area contributed by atoms with Crippen molar-refractivity contribution in [2.75, 3.05) is 13.7 Å². The summed E-state index contributed by atoms with van der Waals surface area (Å²) in [5.74, 6) is 0.124. The molecule has 4 nitrogen and oxygen atoms in total. The fourth-order valence-electron chi connectivity index (χ4n) is 1.09. The monoisotopic (exact) mass is 217 g/mol. The number of hydrogen-bond donors (Lipinski definition) is 0. The Hall–Kier alpha value is -2.28. The van der Waals surface area contributed by atoms with E-state index in [-0.39, 0.29) is 6.61 Å². The van der Waals surface area contributed by atoms with E-state index in [1.165, 1.54) is 13.2 Å². The maximum absolute atomic E-state index is 10.9. The van der Waals surface area contributed by atoms with Gasteiger partial charge in [-0.05, 0) is 12.1 Å². The summed E-state index contributed by atoms with van der Waals surface area (Å²) < 4.78 is 9.66. The summed E-state index contributed by atoms with van der Waals surface area (Å²) in [6.45, 7) is -0.0247. The van der Waals surface area contributed by atoms with Gasteiger partial charge in [0, 0.05) is 11.6 Å². The molecule has 1 aromatic carbocycles. The van der Waals surface area contributed by atoms with Gasteiger partial charge in [0.15, 0.2) is 6.61 Å². The molecule has 0 spiro atoms. The van der Waals surface area contributed by atoms with Gasteiger partial charge in [0.2, 0.25) is 0 Å². The summed E-state index contributed by atoms with van der Waals surface area (Å²) in [6, 6.07) is 9.01. The maximum Gasteiger partial charge on any atom is 0.330 e. The van der Waals surface area contributed by atoms with Crippen molar-refractivity contribution in [2.24, 2.45) is 0 Å². The zero-order chi connectivity index (χ0) is 11.8. The fourth-order valence-corrected chi connectivity index (χ4v) is 1.09. The Morgan fingerprint density at radius 3 is 2.94 bits per heavy atom. The molecule has 0 aliphatic rings. The second kappa shape index (κ2) is 6.25. The molecule has 0 aliphatic carbocycles. The molecule has 0 N–H and O–H groups in total. The van der Waals surface area contributed by atoms with Crippen molar-refractivity contribution in [3.63, 3.8) is 0 Å². The van der Waals surface area contributed by atoms with Crippen molar-refractivity contribution >= 4 is 12.0 Å². The zero-order valence-corrected chi connectivity index (χ0v) is 8.84. The number of carbonyl (C=O) groups is 1. The lowest BCUT2D eigenvalue weighted by atomic mass is 10.2. The fraction of sp³-hybridized carbons (Fsp3) is 0.167. The quantitative estimate of drug-likeness (QED) is 0.569. The third-order valence-corrected chi connectivity index (χ3v) is 1.81. The minimum Gasteiger partial charge on any atom is -0.478 e. The lowest BCUT2D eigenvalue weighted by molar-refractivity contribution is -0.134. The highest BCUT2D eigenvalue weighted by Gasteiger charge is 2.00. The van der Waals surface area contributed by atoms with Crippen molar-refractivity contribution < 1.29 is 14.3 Å². The van der Waals surface area contributed by atoms with Gasteiger partial charge >= 0.3 is 5.97 Å². The molecular formula is C12H11NO3. The molecule has 0 bridgehead atoms. The van der Waals surface area contributed by atoms with Crippen LogP contribution in [0.1, 0.15) is 5.56 Å². The van der Waals surface area contributed by atoms with Crippen LogP contribution < -0.4 is 4.74 Å². The van der Waals surface area contributed by atoms with Crippen molar-refractivity contribution in [3.05, 3.63) is 35.9 Å². The molecule has 1 rings (SSSR count). The van der Waals surface area contributed by atoms with Crippen LogP contribution in [-0.4, -0.2) is 19.7 Å². The Labute approximate surface area is 93.7 Å². The summed E-state index contributed by atoms with van der Waals surface area (Å²) >= 11 is 0. The molecule has 0 fully saturated rings. The first-order valence-electron chi connectivity index (χ1n) is 4.62. The van der Waals surface area contributed by atoms with Gasteiger partial charge in [0.25, 0.3) is 0 Å². The van der Waals surface area contributed by atoms with Crippen LogP contribution >= 0.6 is 0 Å². The first kappa shape index (κ1) is 11.8. The van der Waals surface area contributed by atoms with E-state index in [1.807, 2.05) is 12.1 Å². The van der Waals surface area contributed by atoms with E-state index in [1.54, 1.807) is 24.3 Å². The van der Waals surface area contributed by atoms with Gasteiger partial charge in [-0.2, -0.15) is 5.26 Å². The largest absolute Gasteiger partial charge is 0.478 e.